The van der Waals surface area contributed by atoms with E-state index in [0.717, 1.165) is 5.56 Å². The first-order valence-corrected chi connectivity index (χ1v) is 7.29. The van der Waals surface area contributed by atoms with Gasteiger partial charge in [0.1, 0.15) is 11.5 Å². The Morgan fingerprint density at radius 3 is 2.68 bits per heavy atom. The second-order valence-electron chi connectivity index (χ2n) is 4.85. The SMILES string of the molecule is O=C(NCc1ccc(Cl)c(Cl)c1)c1cc2cc(F)ccc2[nH]1. The van der Waals surface area contributed by atoms with Crippen LogP contribution in [0, 0.1) is 5.82 Å². The Balaban J connectivity index is 1.74. The predicted octanol–water partition coefficient (Wildman–Crippen LogP) is 4.54. The molecule has 1 amide bonds. The summed E-state index contributed by atoms with van der Waals surface area (Å²) in [6, 6.07) is 11.1. The smallest absolute Gasteiger partial charge is 0.267 e. The highest BCUT2D eigenvalue weighted by molar-refractivity contribution is 6.42. The molecule has 0 fully saturated rings. The lowest BCUT2D eigenvalue weighted by molar-refractivity contribution is 0.0947. The van der Waals surface area contributed by atoms with Crippen molar-refractivity contribution in [1.29, 1.82) is 0 Å². The van der Waals surface area contributed by atoms with E-state index in [2.05, 4.69) is 10.3 Å². The number of fused-ring (bicyclic) bond motifs is 1. The normalized spacial score (nSPS) is 10.9. The van der Waals surface area contributed by atoms with Crippen LogP contribution in [0.5, 0.6) is 0 Å². The van der Waals surface area contributed by atoms with Crippen LogP contribution in [0.3, 0.4) is 0 Å². The molecule has 3 rings (SSSR count). The van der Waals surface area contributed by atoms with Gasteiger partial charge in [0.2, 0.25) is 0 Å². The van der Waals surface area contributed by atoms with Gasteiger partial charge in [-0.3, -0.25) is 4.79 Å². The topological polar surface area (TPSA) is 44.9 Å². The van der Waals surface area contributed by atoms with Gasteiger partial charge in [-0.05, 0) is 42.0 Å². The number of rotatable bonds is 3. The highest BCUT2D eigenvalue weighted by atomic mass is 35.5. The van der Waals surface area contributed by atoms with Crippen molar-refractivity contribution in [1.82, 2.24) is 10.3 Å². The van der Waals surface area contributed by atoms with Crippen molar-refractivity contribution >= 4 is 40.0 Å². The fraction of sp³-hybridized carbons (Fsp3) is 0.0625. The van der Waals surface area contributed by atoms with Crippen molar-refractivity contribution in [2.45, 2.75) is 6.54 Å². The lowest BCUT2D eigenvalue weighted by atomic mass is 10.2. The van der Waals surface area contributed by atoms with E-state index < -0.39 is 0 Å². The summed E-state index contributed by atoms with van der Waals surface area (Å²) in [6.07, 6.45) is 0. The van der Waals surface area contributed by atoms with E-state index in [1.807, 2.05) is 0 Å². The molecule has 3 aromatic rings. The van der Waals surface area contributed by atoms with Crippen LogP contribution in [-0.2, 0) is 6.54 Å². The van der Waals surface area contributed by atoms with E-state index in [9.17, 15) is 9.18 Å². The Morgan fingerprint density at radius 1 is 1.09 bits per heavy atom. The summed E-state index contributed by atoms with van der Waals surface area (Å²) < 4.78 is 13.1. The Hall–Kier alpha value is -2.04. The fourth-order valence-corrected chi connectivity index (χ4v) is 2.47. The van der Waals surface area contributed by atoms with Crippen LogP contribution in [0.25, 0.3) is 10.9 Å². The molecule has 2 aromatic carbocycles. The molecule has 3 nitrogen and oxygen atoms in total. The number of aromatic amines is 1. The molecule has 6 heteroatoms. The monoisotopic (exact) mass is 336 g/mol. The molecule has 1 heterocycles. The molecule has 2 N–H and O–H groups in total. The molecular formula is C16H11Cl2FN2O. The highest BCUT2D eigenvalue weighted by Crippen LogP contribution is 2.22. The van der Waals surface area contributed by atoms with E-state index in [1.165, 1.54) is 12.1 Å². The third-order valence-corrected chi connectivity index (χ3v) is 4.00. The van der Waals surface area contributed by atoms with Crippen molar-refractivity contribution in [2.24, 2.45) is 0 Å². The Kier molecular flexibility index (Phi) is 4.05. The first-order valence-electron chi connectivity index (χ1n) is 6.53. The number of nitrogens with one attached hydrogen (secondary N) is 2. The second-order valence-corrected chi connectivity index (χ2v) is 5.66. The standard InChI is InChI=1S/C16H11Cl2FN2O/c17-12-3-1-9(5-13(12)18)8-20-16(22)15-7-10-6-11(19)2-4-14(10)21-15/h1-7,21H,8H2,(H,20,22). The largest absolute Gasteiger partial charge is 0.351 e. The minimum Gasteiger partial charge on any atom is -0.351 e. The van der Waals surface area contributed by atoms with Crippen LogP contribution in [0.1, 0.15) is 16.1 Å². The number of carbonyl (C=O) groups excluding carboxylic acids is 1. The maximum absolute atomic E-state index is 13.1. The van der Waals surface area contributed by atoms with E-state index >= 15 is 0 Å². The molecule has 0 radical (unpaired) electrons. The molecule has 0 saturated carbocycles. The minimum atomic E-state index is -0.339. The minimum absolute atomic E-state index is 0.275. The van der Waals surface area contributed by atoms with Crippen molar-refractivity contribution in [3.05, 3.63) is 69.6 Å². The molecule has 0 aliphatic carbocycles. The van der Waals surface area contributed by atoms with Crippen LogP contribution >= 0.6 is 23.2 Å². The van der Waals surface area contributed by atoms with Gasteiger partial charge in [0.05, 0.1) is 10.0 Å². The number of amides is 1. The van der Waals surface area contributed by atoms with Gasteiger partial charge in [0.15, 0.2) is 0 Å². The number of hydrogen-bond acceptors (Lipinski definition) is 1. The summed E-state index contributed by atoms with van der Waals surface area (Å²) in [6.45, 7) is 0.319. The maximum atomic E-state index is 13.1. The molecule has 0 saturated heterocycles. The average molecular weight is 337 g/mol. The van der Waals surface area contributed by atoms with Crippen molar-refractivity contribution in [2.75, 3.05) is 0 Å². The highest BCUT2D eigenvalue weighted by Gasteiger charge is 2.10. The molecule has 0 aliphatic heterocycles. The quantitative estimate of drug-likeness (QED) is 0.724. The van der Waals surface area contributed by atoms with Gasteiger partial charge in [-0.1, -0.05) is 29.3 Å². The Bertz CT molecular complexity index is 860. The molecule has 0 unspecified atom stereocenters. The van der Waals surface area contributed by atoms with Crippen molar-refractivity contribution in [3.63, 3.8) is 0 Å². The third kappa shape index (κ3) is 3.08. The summed E-state index contributed by atoms with van der Waals surface area (Å²) in [4.78, 5) is 15.1. The number of hydrogen-bond donors (Lipinski definition) is 2. The van der Waals surface area contributed by atoms with Gasteiger partial charge >= 0.3 is 0 Å². The average Bonchev–Trinajstić information content (AvgIpc) is 2.91. The number of halogens is 3. The molecule has 22 heavy (non-hydrogen) atoms. The van der Waals surface area contributed by atoms with E-state index in [0.29, 0.717) is 33.2 Å². The van der Waals surface area contributed by atoms with E-state index in [-0.39, 0.29) is 11.7 Å². The summed E-state index contributed by atoms with van der Waals surface area (Å²) in [5, 5.41) is 4.33. The van der Waals surface area contributed by atoms with Gasteiger partial charge in [-0.15, -0.1) is 0 Å². The summed E-state index contributed by atoms with van der Waals surface area (Å²) in [5.74, 6) is -0.614. The van der Waals surface area contributed by atoms with Crippen molar-refractivity contribution < 1.29 is 9.18 Å². The van der Waals surface area contributed by atoms with Gasteiger partial charge in [-0.2, -0.15) is 0 Å². The van der Waals surface area contributed by atoms with Gasteiger partial charge in [-0.25, -0.2) is 4.39 Å². The van der Waals surface area contributed by atoms with Crippen molar-refractivity contribution in [3.8, 4) is 0 Å². The second kappa shape index (κ2) is 5.99. The van der Waals surface area contributed by atoms with Crippen LogP contribution in [0.15, 0.2) is 42.5 Å². The van der Waals surface area contributed by atoms with E-state index in [4.69, 9.17) is 23.2 Å². The van der Waals surface area contributed by atoms with Gasteiger partial charge in [0, 0.05) is 17.4 Å². The number of carbonyl (C=O) groups is 1. The molecule has 0 spiro atoms. The summed E-state index contributed by atoms with van der Waals surface area (Å²) in [7, 11) is 0. The van der Waals surface area contributed by atoms with Gasteiger partial charge < -0.3 is 10.3 Å². The van der Waals surface area contributed by atoms with E-state index in [1.54, 1.807) is 30.3 Å². The molecular weight excluding hydrogens is 326 g/mol. The Morgan fingerprint density at radius 2 is 1.91 bits per heavy atom. The zero-order valence-electron chi connectivity index (χ0n) is 11.3. The lowest BCUT2D eigenvalue weighted by Gasteiger charge is -2.05. The zero-order chi connectivity index (χ0) is 15.7. The zero-order valence-corrected chi connectivity index (χ0v) is 12.8. The molecule has 0 aliphatic rings. The Labute approximate surface area is 136 Å². The first-order chi connectivity index (χ1) is 10.5. The lowest BCUT2D eigenvalue weighted by Crippen LogP contribution is -2.23. The fourth-order valence-electron chi connectivity index (χ4n) is 2.15. The maximum Gasteiger partial charge on any atom is 0.267 e. The number of benzene rings is 2. The molecule has 112 valence electrons. The molecule has 0 atom stereocenters. The number of H-pyrrole nitrogens is 1. The summed E-state index contributed by atoms with van der Waals surface area (Å²) >= 11 is 11.8. The predicted molar refractivity (Wildman–Crippen MR) is 85.9 cm³/mol. The van der Waals surface area contributed by atoms with Crippen LogP contribution in [0.2, 0.25) is 10.0 Å². The van der Waals surface area contributed by atoms with Gasteiger partial charge in [0.25, 0.3) is 5.91 Å². The first kappa shape index (κ1) is 14.9. The summed E-state index contributed by atoms with van der Waals surface area (Å²) in [5.41, 5.74) is 1.92. The molecule has 0 bridgehead atoms. The van der Waals surface area contributed by atoms with Crippen LogP contribution in [0.4, 0.5) is 4.39 Å². The third-order valence-electron chi connectivity index (χ3n) is 3.26. The molecule has 1 aromatic heterocycles. The van der Waals surface area contributed by atoms with Crippen LogP contribution in [-0.4, -0.2) is 10.9 Å². The van der Waals surface area contributed by atoms with Crippen LogP contribution < -0.4 is 5.32 Å². The number of aromatic nitrogens is 1.